The molecule has 204 valence electrons. The van der Waals surface area contributed by atoms with E-state index in [0.717, 1.165) is 6.26 Å². The number of esters is 1. The van der Waals surface area contributed by atoms with E-state index in [1.165, 1.54) is 17.1 Å². The van der Waals surface area contributed by atoms with Crippen LogP contribution in [0.25, 0.3) is 0 Å². The first kappa shape index (κ1) is 28.7. The van der Waals surface area contributed by atoms with Crippen molar-refractivity contribution in [3.63, 3.8) is 0 Å². The van der Waals surface area contributed by atoms with Crippen molar-refractivity contribution in [3.05, 3.63) is 53.8 Å². The molecule has 1 aromatic rings. The molecule has 38 heavy (non-hydrogen) atoms. The topological polar surface area (TPSA) is 136 Å². The van der Waals surface area contributed by atoms with Crippen LogP contribution in [-0.4, -0.2) is 64.5 Å². The zero-order valence-corrected chi connectivity index (χ0v) is 22.3. The average molecular weight is 526 g/mol. The highest BCUT2D eigenvalue weighted by atomic mass is 16.5. The number of cyclic esters (lactones) is 1. The van der Waals surface area contributed by atoms with Crippen LogP contribution in [0.2, 0.25) is 0 Å². The van der Waals surface area contributed by atoms with E-state index >= 15 is 0 Å². The summed E-state index contributed by atoms with van der Waals surface area (Å²) in [6.07, 6.45) is 9.00. The number of amides is 2. The molecule has 0 spiro atoms. The number of ether oxygens (including phenoxy) is 1. The molecule has 0 radical (unpaired) electrons. The van der Waals surface area contributed by atoms with Crippen LogP contribution in [0, 0.1) is 11.8 Å². The van der Waals surface area contributed by atoms with Crippen LogP contribution < -0.4 is 5.32 Å². The third-order valence-electron chi connectivity index (χ3n) is 6.42. The summed E-state index contributed by atoms with van der Waals surface area (Å²) >= 11 is 0. The third-order valence-corrected chi connectivity index (χ3v) is 6.42. The SMILES string of the molecule is CC1=C\C(=O)CC(=O)Cc2nc(co2)C(=O)N2CCC[C@@H]2C(=O)OC(C(C)C)[C@H](C)/C=C/C(=O)NC\C=C\1. The number of fused-ring (bicyclic) bond motifs is 3. The molecule has 1 aromatic heterocycles. The molecule has 10 heteroatoms. The van der Waals surface area contributed by atoms with E-state index in [9.17, 15) is 24.0 Å². The Labute approximate surface area is 222 Å². The highest BCUT2D eigenvalue weighted by molar-refractivity contribution is 6.05. The fourth-order valence-electron chi connectivity index (χ4n) is 4.55. The molecule has 3 rings (SSSR count). The molecule has 0 saturated carbocycles. The lowest BCUT2D eigenvalue weighted by Gasteiger charge is -2.29. The summed E-state index contributed by atoms with van der Waals surface area (Å²) in [6, 6.07) is -0.772. The summed E-state index contributed by atoms with van der Waals surface area (Å²) in [5.74, 6) is -2.34. The van der Waals surface area contributed by atoms with Crippen molar-refractivity contribution < 1.29 is 33.1 Å². The maximum Gasteiger partial charge on any atom is 0.329 e. The van der Waals surface area contributed by atoms with Crippen molar-refractivity contribution in [2.75, 3.05) is 13.1 Å². The Kier molecular flexibility index (Phi) is 9.92. The highest BCUT2D eigenvalue weighted by Crippen LogP contribution is 2.25. The minimum atomic E-state index is -0.772. The molecule has 3 atom stereocenters. The van der Waals surface area contributed by atoms with Crippen LogP contribution in [0.5, 0.6) is 0 Å². The second-order valence-electron chi connectivity index (χ2n) is 10.0. The molecule has 2 aliphatic heterocycles. The molecule has 3 heterocycles. The Hall–Kier alpha value is -3.82. The molecule has 2 bridgehead atoms. The smallest absolute Gasteiger partial charge is 0.329 e. The zero-order chi connectivity index (χ0) is 27.8. The number of Topliss-reactive ketones (excluding diaryl/α,β-unsaturated/α-hetero) is 1. The zero-order valence-electron chi connectivity index (χ0n) is 22.3. The predicted octanol–water partition coefficient (Wildman–Crippen LogP) is 2.74. The first-order valence-electron chi connectivity index (χ1n) is 12.9. The van der Waals surface area contributed by atoms with E-state index in [4.69, 9.17) is 9.15 Å². The first-order chi connectivity index (χ1) is 18.0. The number of oxazole rings is 1. The highest BCUT2D eigenvalue weighted by Gasteiger charge is 2.38. The van der Waals surface area contributed by atoms with Crippen LogP contribution in [0.1, 0.15) is 63.3 Å². The number of aromatic nitrogens is 1. The number of carbonyl (C=O) groups is 5. The van der Waals surface area contributed by atoms with Gasteiger partial charge in [-0.15, -0.1) is 0 Å². The largest absolute Gasteiger partial charge is 0.460 e. The Morgan fingerprint density at radius 2 is 1.87 bits per heavy atom. The van der Waals surface area contributed by atoms with Gasteiger partial charge in [0.05, 0.1) is 12.8 Å². The van der Waals surface area contributed by atoms with E-state index in [1.54, 1.807) is 25.2 Å². The lowest BCUT2D eigenvalue weighted by atomic mass is 9.94. The molecule has 10 nitrogen and oxygen atoms in total. The van der Waals surface area contributed by atoms with Crippen LogP contribution >= 0.6 is 0 Å². The molecule has 0 aromatic carbocycles. The number of carbonyl (C=O) groups excluding carboxylic acids is 5. The van der Waals surface area contributed by atoms with Gasteiger partial charge in [-0.2, -0.15) is 0 Å². The monoisotopic (exact) mass is 525 g/mol. The van der Waals surface area contributed by atoms with Gasteiger partial charge in [-0.05, 0) is 43.4 Å². The van der Waals surface area contributed by atoms with E-state index in [1.807, 2.05) is 20.8 Å². The van der Waals surface area contributed by atoms with Gasteiger partial charge in [0.1, 0.15) is 24.2 Å². The fourth-order valence-corrected chi connectivity index (χ4v) is 4.55. The summed E-state index contributed by atoms with van der Waals surface area (Å²) < 4.78 is 11.2. The minimum Gasteiger partial charge on any atom is -0.460 e. The van der Waals surface area contributed by atoms with Gasteiger partial charge in [0.15, 0.2) is 11.5 Å². The lowest BCUT2D eigenvalue weighted by Crippen LogP contribution is -2.44. The Morgan fingerprint density at radius 1 is 1.11 bits per heavy atom. The third kappa shape index (κ3) is 7.84. The second-order valence-corrected chi connectivity index (χ2v) is 10.0. The Balaban J connectivity index is 1.86. The summed E-state index contributed by atoms with van der Waals surface area (Å²) in [4.78, 5) is 68.7. The van der Waals surface area contributed by atoms with Gasteiger partial charge in [0.2, 0.25) is 11.8 Å². The Morgan fingerprint density at radius 3 is 2.61 bits per heavy atom. The summed E-state index contributed by atoms with van der Waals surface area (Å²) in [5.41, 5.74) is 0.617. The molecule has 0 aliphatic carbocycles. The lowest BCUT2D eigenvalue weighted by molar-refractivity contribution is -0.158. The maximum absolute atomic E-state index is 13.2. The van der Waals surface area contributed by atoms with Gasteiger partial charge in [0, 0.05) is 19.0 Å². The number of hydrogen-bond donors (Lipinski definition) is 1. The molecule has 1 unspecified atom stereocenters. The van der Waals surface area contributed by atoms with Gasteiger partial charge in [-0.25, -0.2) is 9.78 Å². The van der Waals surface area contributed by atoms with Crippen molar-refractivity contribution in [2.45, 2.75) is 65.5 Å². The van der Waals surface area contributed by atoms with Crippen molar-refractivity contribution in [3.8, 4) is 0 Å². The number of allylic oxidation sites excluding steroid dienone is 3. The van der Waals surface area contributed by atoms with Gasteiger partial charge in [-0.3, -0.25) is 19.2 Å². The normalized spacial score (nSPS) is 27.8. The van der Waals surface area contributed by atoms with Crippen molar-refractivity contribution in [2.24, 2.45) is 11.8 Å². The van der Waals surface area contributed by atoms with Gasteiger partial charge in [0.25, 0.3) is 5.91 Å². The standard InChI is InChI=1S/C28H35N3O7/c1-17(2)26-19(4)9-10-24(34)29-11-5-7-18(3)13-20(32)14-21(33)15-25-30-22(16-37-25)27(35)31-12-6-8-23(31)28(36)38-26/h5,7,9-10,13,16-17,19,23,26H,6,8,11-12,14-15H2,1-4H3,(H,29,34)/b7-5+,10-9+,18-13+/t19-,23-,26?/m1/s1. The van der Waals surface area contributed by atoms with Crippen LogP contribution in [-0.2, 0) is 30.3 Å². The minimum absolute atomic E-state index is 0.0131. The molecule has 2 aliphatic rings. The number of nitrogens with zero attached hydrogens (tertiary/aromatic N) is 2. The van der Waals surface area contributed by atoms with Gasteiger partial charge >= 0.3 is 5.97 Å². The van der Waals surface area contributed by atoms with E-state index < -0.39 is 29.8 Å². The number of ketones is 2. The van der Waals surface area contributed by atoms with Crippen LogP contribution in [0.15, 0.2) is 46.6 Å². The van der Waals surface area contributed by atoms with Crippen LogP contribution in [0.4, 0.5) is 0 Å². The van der Waals surface area contributed by atoms with E-state index in [0.29, 0.717) is 25.0 Å². The summed E-state index contributed by atoms with van der Waals surface area (Å²) in [6.45, 7) is 8.04. The Bertz CT molecular complexity index is 1160. The van der Waals surface area contributed by atoms with E-state index in [-0.39, 0.29) is 54.5 Å². The van der Waals surface area contributed by atoms with Crippen LogP contribution in [0.3, 0.4) is 0 Å². The van der Waals surface area contributed by atoms with Gasteiger partial charge < -0.3 is 19.4 Å². The fraction of sp³-hybridized carbons (Fsp3) is 0.500. The molecule has 1 fully saturated rings. The molecular weight excluding hydrogens is 490 g/mol. The summed E-state index contributed by atoms with van der Waals surface area (Å²) in [7, 11) is 0. The molecular formula is C28H35N3O7. The second kappa shape index (κ2) is 13.1. The predicted molar refractivity (Wildman–Crippen MR) is 138 cm³/mol. The average Bonchev–Trinajstić information content (AvgIpc) is 3.52. The van der Waals surface area contributed by atoms with Crippen molar-refractivity contribution in [1.29, 1.82) is 0 Å². The van der Waals surface area contributed by atoms with Gasteiger partial charge in [-0.1, -0.05) is 39.0 Å². The maximum atomic E-state index is 13.2. The molecule has 1 N–H and O–H groups in total. The van der Waals surface area contributed by atoms with Crippen molar-refractivity contribution in [1.82, 2.24) is 15.2 Å². The number of nitrogens with one attached hydrogen (secondary N) is 1. The number of hydrogen-bond acceptors (Lipinski definition) is 8. The first-order valence-corrected chi connectivity index (χ1v) is 12.9. The quantitative estimate of drug-likeness (QED) is 0.437. The summed E-state index contributed by atoms with van der Waals surface area (Å²) in [5, 5.41) is 2.73. The molecule has 1 saturated heterocycles. The number of rotatable bonds is 1. The molecule has 2 amide bonds. The van der Waals surface area contributed by atoms with E-state index in [2.05, 4.69) is 10.3 Å². The van der Waals surface area contributed by atoms with Crippen molar-refractivity contribution >= 4 is 29.4 Å².